The van der Waals surface area contributed by atoms with Gasteiger partial charge in [-0.2, -0.15) is 13.2 Å². The van der Waals surface area contributed by atoms with Crippen LogP contribution in [0.15, 0.2) is 24.4 Å². The van der Waals surface area contributed by atoms with Crippen LogP contribution in [0.1, 0.15) is 42.4 Å². The summed E-state index contributed by atoms with van der Waals surface area (Å²) >= 11 is 7.03. The molecule has 0 aromatic carbocycles. The number of hydrogen-bond donors (Lipinski definition) is 2. The molecule has 160 valence electrons. The molecule has 3 atom stereocenters. The Morgan fingerprint density at radius 2 is 2.27 bits per heavy atom. The van der Waals surface area contributed by atoms with Crippen molar-refractivity contribution in [3.63, 3.8) is 0 Å². The van der Waals surface area contributed by atoms with E-state index in [0.29, 0.717) is 17.1 Å². The molecule has 1 aliphatic rings. The molecule has 0 saturated heterocycles. The van der Waals surface area contributed by atoms with E-state index in [-0.39, 0.29) is 28.8 Å². The fourth-order valence-corrected chi connectivity index (χ4v) is 4.30. The highest BCUT2D eigenvalue weighted by molar-refractivity contribution is 7.13. The number of H-pyrrole nitrogens is 1. The standard InChI is InChI=1S/C19H18ClF3N4O2S/c1-9(14-2-3-16(30-14)29-8-19(21,22)23)25-15(28)5-10-4-12(10)17-26-13-6-11(20)7-24-18(13)27-17/h2-3,6-7,9-10,12H,4-5,8H2,1H3,(H,25,28)(H,24,26,27)/t9-,10+,12-/m1/s1. The van der Waals surface area contributed by atoms with Crippen LogP contribution in [0.2, 0.25) is 5.02 Å². The number of alkyl halides is 3. The number of rotatable bonds is 7. The van der Waals surface area contributed by atoms with E-state index in [0.717, 1.165) is 34.0 Å². The largest absolute Gasteiger partial charge is 0.475 e. The van der Waals surface area contributed by atoms with Crippen LogP contribution in [0.5, 0.6) is 5.06 Å². The third-order valence-corrected chi connectivity index (χ3v) is 6.22. The molecule has 2 N–H and O–H groups in total. The van der Waals surface area contributed by atoms with Crippen molar-refractivity contribution in [3.8, 4) is 5.06 Å². The van der Waals surface area contributed by atoms with Crippen LogP contribution >= 0.6 is 22.9 Å². The Balaban J connectivity index is 1.28. The minimum absolute atomic E-state index is 0.113. The predicted octanol–water partition coefficient (Wildman–Crippen LogP) is 4.98. The minimum atomic E-state index is -4.38. The van der Waals surface area contributed by atoms with Gasteiger partial charge in [-0.3, -0.25) is 4.79 Å². The summed E-state index contributed by atoms with van der Waals surface area (Å²) in [7, 11) is 0. The number of pyridine rings is 1. The quantitative estimate of drug-likeness (QED) is 0.523. The van der Waals surface area contributed by atoms with Crippen molar-refractivity contribution in [2.75, 3.05) is 6.61 Å². The molecule has 0 unspecified atom stereocenters. The first-order valence-electron chi connectivity index (χ1n) is 9.28. The van der Waals surface area contributed by atoms with Gasteiger partial charge in [0.05, 0.1) is 16.6 Å². The van der Waals surface area contributed by atoms with Crippen LogP contribution in [-0.4, -0.2) is 33.6 Å². The average Bonchev–Trinajstić information content (AvgIpc) is 3.08. The Morgan fingerprint density at radius 1 is 1.47 bits per heavy atom. The molecule has 4 rings (SSSR count). The van der Waals surface area contributed by atoms with Crippen LogP contribution in [-0.2, 0) is 4.79 Å². The molecule has 0 spiro atoms. The number of fused-ring (bicyclic) bond motifs is 1. The molecule has 0 aliphatic heterocycles. The molecule has 3 heterocycles. The number of imidazole rings is 1. The summed E-state index contributed by atoms with van der Waals surface area (Å²) in [6, 6.07) is 4.58. The molecular weight excluding hydrogens is 441 g/mol. The Labute approximate surface area is 178 Å². The normalized spacial score (nSPS) is 19.6. The number of nitrogens with one attached hydrogen (secondary N) is 2. The van der Waals surface area contributed by atoms with Gasteiger partial charge in [0.25, 0.3) is 0 Å². The maximum absolute atomic E-state index is 12.4. The van der Waals surface area contributed by atoms with Crippen LogP contribution in [0.3, 0.4) is 0 Å². The molecule has 3 aromatic heterocycles. The van der Waals surface area contributed by atoms with E-state index >= 15 is 0 Å². The van der Waals surface area contributed by atoms with Crippen molar-refractivity contribution in [3.05, 3.63) is 40.1 Å². The minimum Gasteiger partial charge on any atom is -0.475 e. The van der Waals surface area contributed by atoms with Gasteiger partial charge < -0.3 is 15.0 Å². The molecule has 1 aliphatic carbocycles. The second kappa shape index (κ2) is 8.07. The number of halogens is 4. The summed E-state index contributed by atoms with van der Waals surface area (Å²) in [6.45, 7) is 0.455. The summed E-state index contributed by atoms with van der Waals surface area (Å²) < 4.78 is 41.5. The third kappa shape index (κ3) is 5.04. The van der Waals surface area contributed by atoms with Crippen molar-refractivity contribution < 1.29 is 22.7 Å². The van der Waals surface area contributed by atoms with Crippen LogP contribution in [0, 0.1) is 5.92 Å². The van der Waals surface area contributed by atoms with Crippen molar-refractivity contribution in [2.24, 2.45) is 5.92 Å². The zero-order valence-corrected chi connectivity index (χ0v) is 17.4. The van der Waals surface area contributed by atoms with Gasteiger partial charge in [0.1, 0.15) is 5.82 Å². The Bertz CT molecular complexity index is 1070. The summed E-state index contributed by atoms with van der Waals surface area (Å²) in [5.41, 5.74) is 1.36. The zero-order valence-electron chi connectivity index (χ0n) is 15.8. The maximum Gasteiger partial charge on any atom is 0.422 e. The lowest BCUT2D eigenvalue weighted by atomic mass is 10.2. The summed E-state index contributed by atoms with van der Waals surface area (Å²) in [5, 5.41) is 3.59. The molecule has 6 nitrogen and oxygen atoms in total. The number of carbonyl (C=O) groups excluding carboxylic acids is 1. The number of nitrogens with zero attached hydrogens (tertiary/aromatic N) is 2. The van der Waals surface area contributed by atoms with Crippen LogP contribution in [0.25, 0.3) is 11.2 Å². The van der Waals surface area contributed by atoms with Gasteiger partial charge in [-0.25, -0.2) is 9.97 Å². The van der Waals surface area contributed by atoms with Crippen molar-refractivity contribution in [2.45, 2.75) is 37.9 Å². The molecule has 0 radical (unpaired) electrons. The predicted molar refractivity (Wildman–Crippen MR) is 107 cm³/mol. The summed E-state index contributed by atoms with van der Waals surface area (Å²) in [4.78, 5) is 25.0. The number of thiophene rings is 1. The van der Waals surface area contributed by atoms with Gasteiger partial charge in [0.15, 0.2) is 17.3 Å². The first-order chi connectivity index (χ1) is 14.2. The zero-order chi connectivity index (χ0) is 21.5. The van der Waals surface area contributed by atoms with Gasteiger partial charge in [-0.15, -0.1) is 11.3 Å². The number of aromatic nitrogens is 3. The molecule has 30 heavy (non-hydrogen) atoms. The van der Waals surface area contributed by atoms with E-state index < -0.39 is 12.8 Å². The Kier molecular flexibility index (Phi) is 5.63. The molecule has 1 amide bonds. The molecule has 3 aromatic rings. The maximum atomic E-state index is 12.4. The monoisotopic (exact) mass is 458 g/mol. The van der Waals surface area contributed by atoms with Gasteiger partial charge in [-0.05, 0) is 37.5 Å². The fourth-order valence-electron chi connectivity index (χ4n) is 3.28. The van der Waals surface area contributed by atoms with Gasteiger partial charge in [0.2, 0.25) is 5.91 Å². The lowest BCUT2D eigenvalue weighted by molar-refractivity contribution is -0.152. The van der Waals surface area contributed by atoms with E-state index in [2.05, 4.69) is 20.3 Å². The van der Waals surface area contributed by atoms with Crippen LogP contribution in [0.4, 0.5) is 13.2 Å². The molecule has 1 fully saturated rings. The summed E-state index contributed by atoms with van der Waals surface area (Å²) in [5.74, 6) is 1.04. The lowest BCUT2D eigenvalue weighted by Crippen LogP contribution is -2.26. The van der Waals surface area contributed by atoms with Crippen molar-refractivity contribution in [1.29, 1.82) is 0 Å². The van der Waals surface area contributed by atoms with E-state index in [9.17, 15) is 18.0 Å². The topological polar surface area (TPSA) is 79.9 Å². The highest BCUT2D eigenvalue weighted by atomic mass is 35.5. The number of aromatic amines is 1. The molecule has 11 heteroatoms. The molecule has 0 bridgehead atoms. The van der Waals surface area contributed by atoms with Gasteiger partial charge in [-0.1, -0.05) is 11.6 Å². The molecular formula is C19H18ClF3N4O2S. The number of hydrogen-bond acceptors (Lipinski definition) is 5. The van der Waals surface area contributed by atoms with Gasteiger partial charge >= 0.3 is 6.18 Å². The smallest absolute Gasteiger partial charge is 0.422 e. The van der Waals surface area contributed by atoms with Crippen molar-refractivity contribution >= 4 is 40.0 Å². The fraction of sp³-hybridized carbons (Fsp3) is 0.421. The SMILES string of the molecule is C[C@@H](NC(=O)C[C@@H]1C[C@H]1c1nc2ncc(Cl)cc2[nH]1)c1ccc(OCC(F)(F)F)s1. The van der Waals surface area contributed by atoms with E-state index in [4.69, 9.17) is 16.3 Å². The second-order valence-electron chi connectivity index (χ2n) is 7.30. The first kappa shape index (κ1) is 20.9. The number of ether oxygens (including phenoxy) is 1. The van der Waals surface area contributed by atoms with Crippen molar-refractivity contribution in [1.82, 2.24) is 20.3 Å². The highest BCUT2D eigenvalue weighted by Crippen LogP contribution is 2.48. The average molecular weight is 459 g/mol. The lowest BCUT2D eigenvalue weighted by Gasteiger charge is -2.12. The molecule has 1 saturated carbocycles. The van der Waals surface area contributed by atoms with Gasteiger partial charge in [0, 0.05) is 23.4 Å². The third-order valence-electron chi connectivity index (χ3n) is 4.83. The Hall–Kier alpha value is -2.33. The van der Waals surface area contributed by atoms with E-state index in [1.165, 1.54) is 12.3 Å². The first-order valence-corrected chi connectivity index (χ1v) is 10.5. The van der Waals surface area contributed by atoms with E-state index in [1.54, 1.807) is 19.1 Å². The summed E-state index contributed by atoms with van der Waals surface area (Å²) in [6.07, 6.45) is -1.64. The second-order valence-corrected chi connectivity index (χ2v) is 8.82. The van der Waals surface area contributed by atoms with Crippen LogP contribution < -0.4 is 10.1 Å². The van der Waals surface area contributed by atoms with E-state index in [1.807, 2.05) is 0 Å². The number of amides is 1. The number of carbonyl (C=O) groups is 1. The highest BCUT2D eigenvalue weighted by Gasteiger charge is 2.42. The Morgan fingerprint density at radius 3 is 3.03 bits per heavy atom.